The molecule has 0 saturated carbocycles. The van der Waals surface area contributed by atoms with E-state index in [1.807, 2.05) is 55.5 Å². The first-order valence-corrected chi connectivity index (χ1v) is 8.85. The second-order valence-corrected chi connectivity index (χ2v) is 6.72. The summed E-state index contributed by atoms with van der Waals surface area (Å²) in [5, 5.41) is 0. The predicted octanol–water partition coefficient (Wildman–Crippen LogP) is 3.57. The van der Waals surface area contributed by atoms with Crippen molar-refractivity contribution in [1.82, 2.24) is 0 Å². The molecule has 0 N–H and O–H groups in total. The molecule has 0 unspecified atom stereocenters. The van der Waals surface area contributed by atoms with Crippen molar-refractivity contribution in [2.24, 2.45) is 0 Å². The van der Waals surface area contributed by atoms with Gasteiger partial charge in [0, 0.05) is 11.4 Å². The van der Waals surface area contributed by atoms with Crippen molar-refractivity contribution in [1.29, 1.82) is 0 Å². The number of anilines is 1. The maximum atomic E-state index is 12.1. The maximum absolute atomic E-state index is 12.1. The van der Waals surface area contributed by atoms with Gasteiger partial charge in [-0.15, -0.1) is 11.8 Å². The Balaban J connectivity index is 1.54. The fraction of sp³-hybridized carbons (Fsp3) is 0.263. The summed E-state index contributed by atoms with van der Waals surface area (Å²) in [5.74, 6) is 0.152. The third kappa shape index (κ3) is 3.97. The number of nitrogens with zero attached hydrogens (tertiary/aromatic N) is 1. The Morgan fingerprint density at radius 1 is 1.17 bits per heavy atom. The largest absolute Gasteiger partial charge is 0.461 e. The van der Waals surface area contributed by atoms with Gasteiger partial charge in [-0.1, -0.05) is 42.0 Å². The number of hydrogen-bond donors (Lipinski definition) is 0. The number of thioether (sulfide) groups is 1. The van der Waals surface area contributed by atoms with Crippen LogP contribution in [-0.4, -0.2) is 24.2 Å². The molecule has 0 fully saturated rings. The normalized spacial score (nSPS) is 13.5. The molecule has 0 saturated heterocycles. The molecule has 1 amide bonds. The number of carbonyl (C=O) groups excluding carboxylic acids is 2. The van der Waals surface area contributed by atoms with Crippen LogP contribution in [0.3, 0.4) is 0 Å². The zero-order valence-corrected chi connectivity index (χ0v) is 14.3. The number of rotatable bonds is 5. The predicted molar refractivity (Wildman–Crippen MR) is 95.1 cm³/mol. The van der Waals surface area contributed by atoms with Crippen molar-refractivity contribution in [3.8, 4) is 0 Å². The summed E-state index contributed by atoms with van der Waals surface area (Å²) >= 11 is 1.54. The molecule has 3 rings (SSSR count). The van der Waals surface area contributed by atoms with Crippen molar-refractivity contribution in [2.45, 2.75) is 24.8 Å². The van der Waals surface area contributed by atoms with Gasteiger partial charge < -0.3 is 9.64 Å². The summed E-state index contributed by atoms with van der Waals surface area (Å²) in [6.07, 6.45) is 0.191. The number of benzene rings is 2. The lowest BCUT2D eigenvalue weighted by Gasteiger charge is -2.28. The molecule has 0 atom stereocenters. The van der Waals surface area contributed by atoms with Crippen LogP contribution in [0, 0.1) is 6.92 Å². The van der Waals surface area contributed by atoms with E-state index in [2.05, 4.69) is 0 Å². The lowest BCUT2D eigenvalue weighted by molar-refractivity contribution is -0.144. The third-order valence-corrected chi connectivity index (χ3v) is 4.92. The number of ether oxygens (including phenoxy) is 1. The van der Waals surface area contributed by atoms with Gasteiger partial charge in [0.1, 0.15) is 6.61 Å². The lowest BCUT2D eigenvalue weighted by atomic mass is 10.2. The summed E-state index contributed by atoms with van der Waals surface area (Å²) in [6.45, 7) is 2.63. The van der Waals surface area contributed by atoms with Gasteiger partial charge in [0.25, 0.3) is 0 Å². The summed E-state index contributed by atoms with van der Waals surface area (Å²) in [4.78, 5) is 26.9. The van der Waals surface area contributed by atoms with E-state index < -0.39 is 0 Å². The van der Waals surface area contributed by atoms with Gasteiger partial charge in [0.05, 0.1) is 17.9 Å². The summed E-state index contributed by atoms with van der Waals surface area (Å²) in [5.41, 5.74) is 3.01. The van der Waals surface area contributed by atoms with Crippen LogP contribution in [-0.2, 0) is 20.9 Å². The number of hydrogen-bond acceptors (Lipinski definition) is 4. The Labute approximate surface area is 145 Å². The monoisotopic (exact) mass is 341 g/mol. The first kappa shape index (κ1) is 16.6. The van der Waals surface area contributed by atoms with Gasteiger partial charge in [0.2, 0.25) is 5.91 Å². The molecule has 0 bridgehead atoms. The molecule has 4 nitrogen and oxygen atoms in total. The highest BCUT2D eigenvalue weighted by Crippen LogP contribution is 2.34. The minimum Gasteiger partial charge on any atom is -0.461 e. The SMILES string of the molecule is Cc1ccc(COC(=O)CCN2C(=O)CSc3ccccc32)cc1. The molecular weight excluding hydrogens is 322 g/mol. The van der Waals surface area contributed by atoms with Gasteiger partial charge in [-0.3, -0.25) is 9.59 Å². The Kier molecular flexibility index (Phi) is 5.20. The number of fused-ring (bicyclic) bond motifs is 1. The molecule has 2 aromatic rings. The van der Waals surface area contributed by atoms with Crippen LogP contribution in [0.15, 0.2) is 53.4 Å². The topological polar surface area (TPSA) is 46.6 Å². The Bertz CT molecular complexity index is 743. The van der Waals surface area contributed by atoms with Gasteiger partial charge in [-0.05, 0) is 24.6 Å². The van der Waals surface area contributed by atoms with Crippen molar-refractivity contribution in [3.05, 3.63) is 59.7 Å². The second-order valence-electron chi connectivity index (χ2n) is 5.70. The zero-order chi connectivity index (χ0) is 16.9. The standard InChI is InChI=1S/C19H19NO3S/c1-14-6-8-15(9-7-14)12-23-19(22)10-11-20-16-4-2-3-5-17(16)24-13-18(20)21/h2-9H,10-13H2,1H3. The Morgan fingerprint density at radius 3 is 2.71 bits per heavy atom. The van der Waals surface area contributed by atoms with Crippen molar-refractivity contribution in [2.75, 3.05) is 17.2 Å². The smallest absolute Gasteiger partial charge is 0.307 e. The molecule has 0 aromatic heterocycles. The number of para-hydroxylation sites is 1. The van der Waals surface area contributed by atoms with Gasteiger partial charge in [-0.2, -0.15) is 0 Å². The van der Waals surface area contributed by atoms with Crippen molar-refractivity contribution < 1.29 is 14.3 Å². The van der Waals surface area contributed by atoms with Crippen LogP contribution < -0.4 is 4.90 Å². The van der Waals surface area contributed by atoms with Crippen LogP contribution in [0.2, 0.25) is 0 Å². The summed E-state index contributed by atoms with van der Waals surface area (Å²) < 4.78 is 5.30. The number of esters is 1. The van der Waals surface area contributed by atoms with E-state index in [0.29, 0.717) is 12.3 Å². The van der Waals surface area contributed by atoms with E-state index in [1.54, 1.807) is 4.90 Å². The molecule has 0 radical (unpaired) electrons. The van der Waals surface area contributed by atoms with Gasteiger partial charge >= 0.3 is 5.97 Å². The van der Waals surface area contributed by atoms with Gasteiger partial charge in [0.15, 0.2) is 0 Å². The van der Waals surface area contributed by atoms with E-state index in [1.165, 1.54) is 17.3 Å². The highest BCUT2D eigenvalue weighted by Gasteiger charge is 2.24. The third-order valence-electron chi connectivity index (χ3n) is 3.87. The summed E-state index contributed by atoms with van der Waals surface area (Å²) in [7, 11) is 0. The molecule has 1 aliphatic heterocycles. The van der Waals surface area contributed by atoms with Crippen LogP contribution in [0.1, 0.15) is 17.5 Å². The van der Waals surface area contributed by atoms with Crippen molar-refractivity contribution in [3.63, 3.8) is 0 Å². The fourth-order valence-corrected chi connectivity index (χ4v) is 3.46. The van der Waals surface area contributed by atoms with E-state index in [0.717, 1.165) is 16.1 Å². The van der Waals surface area contributed by atoms with E-state index in [4.69, 9.17) is 4.74 Å². The van der Waals surface area contributed by atoms with E-state index in [-0.39, 0.29) is 24.9 Å². The highest BCUT2D eigenvalue weighted by atomic mass is 32.2. The summed E-state index contributed by atoms with van der Waals surface area (Å²) in [6, 6.07) is 15.6. The first-order valence-electron chi connectivity index (χ1n) is 7.87. The first-order chi connectivity index (χ1) is 11.6. The Morgan fingerprint density at radius 2 is 1.92 bits per heavy atom. The molecule has 1 aliphatic rings. The molecule has 24 heavy (non-hydrogen) atoms. The minimum atomic E-state index is -0.293. The second kappa shape index (κ2) is 7.53. The average molecular weight is 341 g/mol. The number of aryl methyl sites for hydroxylation is 1. The van der Waals surface area contributed by atoms with Crippen LogP contribution in [0.5, 0.6) is 0 Å². The Hall–Kier alpha value is -2.27. The molecule has 2 aromatic carbocycles. The van der Waals surface area contributed by atoms with Gasteiger partial charge in [-0.25, -0.2) is 0 Å². The van der Waals surface area contributed by atoms with E-state index in [9.17, 15) is 9.59 Å². The zero-order valence-electron chi connectivity index (χ0n) is 13.5. The molecule has 1 heterocycles. The fourth-order valence-electron chi connectivity index (χ4n) is 2.52. The highest BCUT2D eigenvalue weighted by molar-refractivity contribution is 8.00. The molecule has 0 aliphatic carbocycles. The van der Waals surface area contributed by atoms with E-state index >= 15 is 0 Å². The molecule has 124 valence electrons. The lowest BCUT2D eigenvalue weighted by Crippen LogP contribution is -2.37. The minimum absolute atomic E-state index is 0.0324. The average Bonchev–Trinajstić information content (AvgIpc) is 2.60. The number of amides is 1. The van der Waals surface area contributed by atoms with Crippen LogP contribution in [0.4, 0.5) is 5.69 Å². The van der Waals surface area contributed by atoms with Crippen molar-refractivity contribution >= 4 is 29.3 Å². The molecular formula is C19H19NO3S. The number of carbonyl (C=O) groups is 2. The van der Waals surface area contributed by atoms with Crippen LogP contribution in [0.25, 0.3) is 0 Å². The molecule has 5 heteroatoms. The quantitative estimate of drug-likeness (QED) is 0.780. The maximum Gasteiger partial charge on any atom is 0.307 e. The van der Waals surface area contributed by atoms with Crippen LogP contribution >= 0.6 is 11.8 Å². The molecule has 0 spiro atoms.